The zero-order valence-corrected chi connectivity index (χ0v) is 3.54. The minimum Gasteiger partial charge on any atom is -0.0533 e. The summed E-state index contributed by atoms with van der Waals surface area (Å²) in [6, 6.07) is 0. The van der Waals surface area contributed by atoms with Crippen LogP contribution in [0.25, 0.3) is 0 Å². The SMILES string of the molecule is C1CC[13CH2]C1. The van der Waals surface area contributed by atoms with E-state index >= 15 is 0 Å². The largest absolute Gasteiger partial charge is 0.0533 e. The van der Waals surface area contributed by atoms with E-state index < -0.39 is 0 Å². The zero-order chi connectivity index (χ0) is 3.54. The first-order valence-corrected chi connectivity index (χ1v) is 2.50. The predicted octanol–water partition coefficient (Wildman–Crippen LogP) is 1.95. The van der Waals surface area contributed by atoms with Crippen molar-refractivity contribution in [2.45, 2.75) is 32.1 Å². The van der Waals surface area contributed by atoms with Crippen molar-refractivity contribution < 1.29 is 0 Å². The maximum Gasteiger partial charge on any atom is -0.0533 e. The molecular formula is C5H10. The molecule has 1 aliphatic rings. The van der Waals surface area contributed by atoms with Crippen LogP contribution >= 0.6 is 0 Å². The van der Waals surface area contributed by atoms with Gasteiger partial charge in [0.25, 0.3) is 0 Å². The van der Waals surface area contributed by atoms with Gasteiger partial charge in [0.1, 0.15) is 0 Å². The maximum absolute atomic E-state index is 1.50. The smallest absolute Gasteiger partial charge is 0.0533 e. The van der Waals surface area contributed by atoms with Crippen LogP contribution in [0.3, 0.4) is 0 Å². The van der Waals surface area contributed by atoms with Crippen LogP contribution in [0, 0.1) is 0 Å². The summed E-state index contributed by atoms with van der Waals surface area (Å²) < 4.78 is 0. The Morgan fingerprint density at radius 1 is 0.400 bits per heavy atom. The van der Waals surface area contributed by atoms with Crippen LogP contribution < -0.4 is 0 Å². The van der Waals surface area contributed by atoms with Crippen molar-refractivity contribution in [3.8, 4) is 0 Å². The first-order valence-electron chi connectivity index (χ1n) is 2.50. The van der Waals surface area contributed by atoms with E-state index in [1.54, 1.807) is 0 Å². The molecule has 0 aliphatic heterocycles. The summed E-state index contributed by atoms with van der Waals surface area (Å²) in [6.07, 6.45) is 7.50. The summed E-state index contributed by atoms with van der Waals surface area (Å²) >= 11 is 0. The van der Waals surface area contributed by atoms with E-state index in [-0.39, 0.29) is 0 Å². The Hall–Kier alpha value is 0. The minimum atomic E-state index is 1.50. The highest BCUT2D eigenvalue weighted by Gasteiger charge is 1.95. The van der Waals surface area contributed by atoms with Crippen molar-refractivity contribution >= 4 is 0 Å². The molecule has 0 unspecified atom stereocenters. The second-order valence-corrected chi connectivity index (χ2v) is 1.77. The molecule has 0 heteroatoms. The second-order valence-electron chi connectivity index (χ2n) is 1.77. The molecule has 0 heterocycles. The normalized spacial score (nSPS) is 24.0. The van der Waals surface area contributed by atoms with Crippen molar-refractivity contribution in [1.82, 2.24) is 0 Å². The van der Waals surface area contributed by atoms with Gasteiger partial charge in [-0.3, -0.25) is 0 Å². The average molecular weight is 71.1 g/mol. The van der Waals surface area contributed by atoms with Gasteiger partial charge in [-0.15, -0.1) is 0 Å². The van der Waals surface area contributed by atoms with Gasteiger partial charge in [0.05, 0.1) is 0 Å². The highest BCUT2D eigenvalue weighted by atomic mass is 14.3. The van der Waals surface area contributed by atoms with E-state index in [2.05, 4.69) is 0 Å². The molecule has 0 radical (unpaired) electrons. The molecule has 0 bridgehead atoms. The van der Waals surface area contributed by atoms with Gasteiger partial charge in [-0.05, 0) is 0 Å². The Morgan fingerprint density at radius 3 is 0.800 bits per heavy atom. The second kappa shape index (κ2) is 1.44. The lowest BCUT2D eigenvalue weighted by molar-refractivity contribution is 0.886. The van der Waals surface area contributed by atoms with E-state index in [4.69, 9.17) is 0 Å². The van der Waals surface area contributed by atoms with Crippen LogP contribution in [0.5, 0.6) is 0 Å². The van der Waals surface area contributed by atoms with Crippen molar-refractivity contribution in [2.75, 3.05) is 0 Å². The lowest BCUT2D eigenvalue weighted by Crippen LogP contribution is -1.47. The third-order valence-corrected chi connectivity index (χ3v) is 1.25. The van der Waals surface area contributed by atoms with E-state index in [0.29, 0.717) is 0 Å². The third kappa shape index (κ3) is 0.640. The van der Waals surface area contributed by atoms with Crippen LogP contribution in [0.1, 0.15) is 32.1 Å². The summed E-state index contributed by atoms with van der Waals surface area (Å²) in [6.45, 7) is 0. The molecule has 30 valence electrons. The summed E-state index contributed by atoms with van der Waals surface area (Å²) in [5.74, 6) is 0. The molecular weight excluding hydrogens is 61.0 g/mol. The van der Waals surface area contributed by atoms with Gasteiger partial charge in [0.2, 0.25) is 0 Å². The Balaban J connectivity index is 2.08. The average Bonchev–Trinajstić information content (AvgIpc) is 1.76. The quantitative estimate of drug-likeness (QED) is 0.383. The van der Waals surface area contributed by atoms with E-state index in [1.807, 2.05) is 0 Å². The predicted molar refractivity (Wildman–Crippen MR) is 23.1 cm³/mol. The van der Waals surface area contributed by atoms with Gasteiger partial charge < -0.3 is 0 Å². The molecule has 0 atom stereocenters. The molecule has 1 rings (SSSR count). The van der Waals surface area contributed by atoms with Crippen LogP contribution in [0.2, 0.25) is 0 Å². The first-order chi connectivity index (χ1) is 2.50. The van der Waals surface area contributed by atoms with Gasteiger partial charge in [-0.1, -0.05) is 32.1 Å². The van der Waals surface area contributed by atoms with Crippen molar-refractivity contribution in [2.24, 2.45) is 0 Å². The fraction of sp³-hybridized carbons (Fsp3) is 1.00. The summed E-state index contributed by atoms with van der Waals surface area (Å²) in [4.78, 5) is 0. The van der Waals surface area contributed by atoms with E-state index in [1.165, 1.54) is 32.1 Å². The lowest BCUT2D eigenvalue weighted by atomic mass is 10.4. The molecule has 5 heavy (non-hydrogen) atoms. The van der Waals surface area contributed by atoms with Gasteiger partial charge in [-0.25, -0.2) is 0 Å². The topological polar surface area (TPSA) is 0 Å². The molecule has 0 saturated heterocycles. The molecule has 0 amide bonds. The minimum absolute atomic E-state index is 1.50. The molecule has 0 spiro atoms. The van der Waals surface area contributed by atoms with Crippen molar-refractivity contribution in [3.05, 3.63) is 0 Å². The fourth-order valence-electron chi connectivity index (χ4n) is 0.884. The third-order valence-electron chi connectivity index (χ3n) is 1.25. The van der Waals surface area contributed by atoms with E-state index in [0.717, 1.165) is 0 Å². The Morgan fingerprint density at radius 2 is 0.600 bits per heavy atom. The van der Waals surface area contributed by atoms with Crippen LogP contribution in [-0.2, 0) is 0 Å². The molecule has 0 aromatic heterocycles. The fourth-order valence-corrected chi connectivity index (χ4v) is 0.884. The van der Waals surface area contributed by atoms with Crippen LogP contribution in [0.15, 0.2) is 0 Å². The standard InChI is InChI=1S/C5H10/c1-2-4-5-3-1/h1-5H2/i1+1. The molecule has 1 aliphatic carbocycles. The monoisotopic (exact) mass is 71.1 g/mol. The van der Waals surface area contributed by atoms with Gasteiger partial charge in [-0.2, -0.15) is 0 Å². The van der Waals surface area contributed by atoms with Crippen LogP contribution in [-0.4, -0.2) is 0 Å². The molecule has 0 nitrogen and oxygen atoms in total. The van der Waals surface area contributed by atoms with Crippen LogP contribution in [0.4, 0.5) is 0 Å². The van der Waals surface area contributed by atoms with Crippen molar-refractivity contribution in [1.29, 1.82) is 0 Å². The van der Waals surface area contributed by atoms with Gasteiger partial charge in [0, 0.05) is 0 Å². The van der Waals surface area contributed by atoms with Crippen molar-refractivity contribution in [3.63, 3.8) is 0 Å². The Kier molecular flexibility index (Phi) is 0.922. The zero-order valence-electron chi connectivity index (χ0n) is 3.54. The van der Waals surface area contributed by atoms with E-state index in [9.17, 15) is 0 Å². The van der Waals surface area contributed by atoms with Gasteiger partial charge in [0.15, 0.2) is 0 Å². The highest BCUT2D eigenvalue weighted by Crippen LogP contribution is 2.15. The summed E-state index contributed by atoms with van der Waals surface area (Å²) in [5, 5.41) is 0. The molecule has 1 saturated carbocycles. The summed E-state index contributed by atoms with van der Waals surface area (Å²) in [7, 11) is 0. The lowest BCUT2D eigenvalue weighted by Gasteiger charge is -1.67. The van der Waals surface area contributed by atoms with Gasteiger partial charge >= 0.3 is 0 Å². The highest BCUT2D eigenvalue weighted by molar-refractivity contribution is 4.51. The number of rotatable bonds is 0. The number of hydrogen-bond donors (Lipinski definition) is 0. The molecule has 1 fully saturated rings. The maximum atomic E-state index is 1.50. The number of hydrogen-bond acceptors (Lipinski definition) is 0. The summed E-state index contributed by atoms with van der Waals surface area (Å²) in [5.41, 5.74) is 0. The molecule has 0 aromatic rings. The first kappa shape index (κ1) is 3.20. The Bertz CT molecular complexity index is 11.6. The molecule has 0 N–H and O–H groups in total. The molecule has 0 aromatic carbocycles. The Labute approximate surface area is 33.2 Å².